The highest BCUT2D eigenvalue weighted by atomic mass is 16.6. The third kappa shape index (κ3) is 3.09. The smallest absolute Gasteiger partial charge is 0.414 e. The Morgan fingerprint density at radius 2 is 2.21 bits per heavy atom. The lowest BCUT2D eigenvalue weighted by molar-refractivity contribution is -0.117. The number of benzene rings is 1. The summed E-state index contributed by atoms with van der Waals surface area (Å²) in [4.78, 5) is 30.3. The summed E-state index contributed by atoms with van der Waals surface area (Å²) in [6.45, 7) is 4.41. The summed E-state index contributed by atoms with van der Waals surface area (Å²) in [5, 5.41) is 13.1. The number of nitriles is 1. The molecule has 1 aromatic heterocycles. The molecule has 28 heavy (non-hydrogen) atoms. The predicted molar refractivity (Wildman–Crippen MR) is 104 cm³/mol. The van der Waals surface area contributed by atoms with Crippen LogP contribution in [0.5, 0.6) is 0 Å². The number of ether oxygens (including phenoxy) is 1. The van der Waals surface area contributed by atoms with Crippen molar-refractivity contribution in [3.05, 3.63) is 24.4 Å². The summed E-state index contributed by atoms with van der Waals surface area (Å²) in [6.07, 6.45) is 1.79. The van der Waals surface area contributed by atoms with Gasteiger partial charge in [0.15, 0.2) is 0 Å². The van der Waals surface area contributed by atoms with Crippen LogP contribution in [0.4, 0.5) is 22.0 Å². The lowest BCUT2D eigenvalue weighted by atomic mass is 10.0. The Labute approximate surface area is 162 Å². The normalized spacial score (nSPS) is 23.6. The second-order valence-electron chi connectivity index (χ2n) is 7.65. The molecule has 0 unspecified atom stereocenters. The summed E-state index contributed by atoms with van der Waals surface area (Å²) in [5.74, 6) is -0.0724. The molecule has 1 saturated heterocycles. The Bertz CT molecular complexity index is 1010. The van der Waals surface area contributed by atoms with E-state index in [0.29, 0.717) is 30.2 Å². The van der Waals surface area contributed by atoms with Gasteiger partial charge in [0.2, 0.25) is 5.91 Å². The number of aromatic nitrogens is 1. The fraction of sp³-hybridized carbons (Fsp3) is 0.400. The van der Waals surface area contributed by atoms with E-state index in [1.807, 2.05) is 19.9 Å². The number of hydrogen-bond donors (Lipinski definition) is 2. The summed E-state index contributed by atoms with van der Waals surface area (Å²) in [5.41, 5.74) is 7.34. The maximum Gasteiger partial charge on any atom is 0.414 e. The Morgan fingerprint density at radius 3 is 2.89 bits per heavy atom. The number of nitrogens with zero attached hydrogens (tertiary/aromatic N) is 3. The number of amides is 2. The van der Waals surface area contributed by atoms with Gasteiger partial charge in [-0.05, 0) is 35.9 Å². The van der Waals surface area contributed by atoms with Crippen LogP contribution in [0.1, 0.15) is 20.3 Å². The minimum atomic E-state index is -0.392. The van der Waals surface area contributed by atoms with Crippen LogP contribution in [0.3, 0.4) is 0 Å². The van der Waals surface area contributed by atoms with Gasteiger partial charge in [0, 0.05) is 17.3 Å². The van der Waals surface area contributed by atoms with E-state index in [2.05, 4.69) is 16.4 Å². The van der Waals surface area contributed by atoms with Crippen molar-refractivity contribution in [2.24, 2.45) is 17.8 Å². The maximum absolute atomic E-state index is 12.3. The van der Waals surface area contributed by atoms with E-state index in [9.17, 15) is 9.59 Å². The molecule has 1 aromatic carbocycles. The molecule has 2 fully saturated rings. The molecular formula is C20H21N5O3. The molecular weight excluding hydrogens is 358 g/mol. The van der Waals surface area contributed by atoms with E-state index in [1.54, 1.807) is 23.2 Å². The number of nitrogen functional groups attached to an aromatic ring is 1. The molecule has 2 aliphatic rings. The molecule has 8 nitrogen and oxygen atoms in total. The maximum atomic E-state index is 12.3. The van der Waals surface area contributed by atoms with Crippen molar-refractivity contribution in [1.82, 2.24) is 4.98 Å². The monoisotopic (exact) mass is 379 g/mol. The summed E-state index contributed by atoms with van der Waals surface area (Å²) in [7, 11) is 0. The highest BCUT2D eigenvalue weighted by Crippen LogP contribution is 2.39. The number of anilines is 3. The van der Waals surface area contributed by atoms with E-state index in [-0.39, 0.29) is 29.7 Å². The van der Waals surface area contributed by atoms with Crippen molar-refractivity contribution < 1.29 is 14.3 Å². The van der Waals surface area contributed by atoms with E-state index in [1.165, 1.54) is 0 Å². The minimum Gasteiger partial charge on any atom is -0.447 e. The van der Waals surface area contributed by atoms with E-state index in [4.69, 9.17) is 15.7 Å². The number of nitrogens with one attached hydrogen (secondary N) is 1. The van der Waals surface area contributed by atoms with Gasteiger partial charge in [0.05, 0.1) is 29.6 Å². The number of rotatable bonds is 4. The van der Waals surface area contributed by atoms with Crippen LogP contribution in [-0.2, 0) is 9.53 Å². The van der Waals surface area contributed by atoms with Gasteiger partial charge < -0.3 is 15.8 Å². The fourth-order valence-electron chi connectivity index (χ4n) is 3.55. The van der Waals surface area contributed by atoms with Gasteiger partial charge in [0.1, 0.15) is 12.4 Å². The van der Waals surface area contributed by atoms with Crippen molar-refractivity contribution in [2.75, 3.05) is 22.6 Å². The Morgan fingerprint density at radius 1 is 1.43 bits per heavy atom. The van der Waals surface area contributed by atoms with Gasteiger partial charge in [-0.15, -0.1) is 0 Å². The molecule has 2 aromatic rings. The van der Waals surface area contributed by atoms with Crippen LogP contribution < -0.4 is 16.0 Å². The van der Waals surface area contributed by atoms with Gasteiger partial charge in [-0.25, -0.2) is 9.78 Å². The van der Waals surface area contributed by atoms with Crippen molar-refractivity contribution in [1.29, 1.82) is 5.26 Å². The van der Waals surface area contributed by atoms with Gasteiger partial charge in [-0.2, -0.15) is 5.26 Å². The first-order chi connectivity index (χ1) is 13.4. The molecule has 4 rings (SSSR count). The first kappa shape index (κ1) is 18.0. The first-order valence-electron chi connectivity index (χ1n) is 9.24. The highest BCUT2D eigenvalue weighted by Gasteiger charge is 2.43. The quantitative estimate of drug-likeness (QED) is 0.788. The third-order valence-electron chi connectivity index (χ3n) is 5.35. The molecule has 8 heteroatoms. The minimum absolute atomic E-state index is 0.0665. The second kappa shape index (κ2) is 6.68. The number of carbonyl (C=O) groups is 2. The molecule has 0 spiro atoms. The molecule has 1 aliphatic heterocycles. The number of pyridine rings is 1. The zero-order valence-corrected chi connectivity index (χ0v) is 15.7. The third-order valence-corrected chi connectivity index (χ3v) is 5.35. The summed E-state index contributed by atoms with van der Waals surface area (Å²) >= 11 is 0. The van der Waals surface area contributed by atoms with Crippen LogP contribution in [-0.4, -0.2) is 29.6 Å². The number of carbonyl (C=O) groups excluding carboxylic acids is 2. The van der Waals surface area contributed by atoms with E-state index >= 15 is 0 Å². The Hall–Kier alpha value is -3.34. The summed E-state index contributed by atoms with van der Waals surface area (Å²) < 4.78 is 5.23. The van der Waals surface area contributed by atoms with Gasteiger partial charge in [-0.3, -0.25) is 9.69 Å². The van der Waals surface area contributed by atoms with Crippen LogP contribution >= 0.6 is 0 Å². The Kier molecular flexibility index (Phi) is 4.30. The number of nitrogens with two attached hydrogens (primary N) is 1. The molecule has 1 aliphatic carbocycles. The number of fused-ring (bicyclic) bond motifs is 1. The molecule has 144 valence electrons. The largest absolute Gasteiger partial charge is 0.447 e. The zero-order valence-electron chi connectivity index (χ0n) is 15.7. The molecule has 0 radical (unpaired) electrons. The average molecular weight is 379 g/mol. The van der Waals surface area contributed by atoms with E-state index < -0.39 is 6.09 Å². The van der Waals surface area contributed by atoms with Crippen LogP contribution in [0.25, 0.3) is 10.8 Å². The van der Waals surface area contributed by atoms with Crippen molar-refractivity contribution in [2.45, 2.75) is 26.3 Å². The van der Waals surface area contributed by atoms with Crippen molar-refractivity contribution >= 4 is 40.0 Å². The lowest BCUT2D eigenvalue weighted by Gasteiger charge is -2.25. The fourth-order valence-corrected chi connectivity index (χ4v) is 3.55. The van der Waals surface area contributed by atoms with Crippen molar-refractivity contribution in [3.8, 4) is 6.07 Å². The molecule has 3 atom stereocenters. The second-order valence-corrected chi connectivity index (χ2v) is 7.65. The SMILES string of the molecule is CC(C)[C@@H]1COC(=O)N1c1cc(N)c2cnc(NC(=O)[C@@H]3C[C@H]3C#N)cc2c1. The van der Waals surface area contributed by atoms with E-state index in [0.717, 1.165) is 10.8 Å². The molecule has 0 bridgehead atoms. The predicted octanol–water partition coefficient (Wildman–Crippen LogP) is 2.90. The van der Waals surface area contributed by atoms with Crippen LogP contribution in [0.2, 0.25) is 0 Å². The zero-order chi connectivity index (χ0) is 20.0. The van der Waals surface area contributed by atoms with Gasteiger partial charge >= 0.3 is 6.09 Å². The molecule has 3 N–H and O–H groups in total. The van der Waals surface area contributed by atoms with Gasteiger partial charge in [-0.1, -0.05) is 13.8 Å². The number of cyclic esters (lactones) is 1. The highest BCUT2D eigenvalue weighted by molar-refractivity contribution is 6.02. The lowest BCUT2D eigenvalue weighted by Crippen LogP contribution is -2.37. The van der Waals surface area contributed by atoms with Crippen molar-refractivity contribution in [3.63, 3.8) is 0 Å². The van der Waals surface area contributed by atoms with Crippen LogP contribution in [0.15, 0.2) is 24.4 Å². The van der Waals surface area contributed by atoms with Gasteiger partial charge in [0.25, 0.3) is 0 Å². The Balaban J connectivity index is 1.66. The number of hydrogen-bond acceptors (Lipinski definition) is 6. The standard InChI is InChI=1S/C20H21N5O3/c1-10(2)17-9-28-20(27)25(17)13-3-11-5-18(23-8-15(11)16(22)6-13)24-19(26)14-4-12(14)7-21/h3,5-6,8,10,12,14,17H,4,9,22H2,1-2H3,(H,23,24,26)/t12-,14+,17-/m0/s1. The van der Waals surface area contributed by atoms with Crippen LogP contribution in [0, 0.1) is 29.1 Å². The summed E-state index contributed by atoms with van der Waals surface area (Å²) in [6, 6.07) is 7.35. The molecule has 1 saturated carbocycles. The topological polar surface area (TPSA) is 121 Å². The first-order valence-corrected chi connectivity index (χ1v) is 9.24. The average Bonchev–Trinajstić information content (AvgIpc) is 3.35. The molecule has 2 heterocycles. The molecule has 2 amide bonds.